The third kappa shape index (κ3) is 4.28. The van der Waals surface area contributed by atoms with Gasteiger partial charge < -0.3 is 14.9 Å². The molecule has 0 aliphatic carbocycles. The molecule has 1 aromatic carbocycles. The van der Waals surface area contributed by atoms with Gasteiger partial charge in [-0.05, 0) is 58.1 Å². The zero-order valence-electron chi connectivity index (χ0n) is 20.1. The second-order valence-electron chi connectivity index (χ2n) is 8.93. The van der Waals surface area contributed by atoms with Crippen LogP contribution in [-0.2, 0) is 9.59 Å². The van der Waals surface area contributed by atoms with E-state index < -0.39 is 22.7 Å². The molecular weight excluding hydrogens is 450 g/mol. The number of nitrogens with zero attached hydrogens (tertiary/aromatic N) is 5. The van der Waals surface area contributed by atoms with Crippen LogP contribution in [0.4, 0.5) is 5.69 Å². The number of nitro benzene ring substituents is 1. The lowest BCUT2D eigenvalue weighted by atomic mass is 9.96. The van der Waals surface area contributed by atoms with Crippen LogP contribution in [0.25, 0.3) is 11.4 Å². The van der Waals surface area contributed by atoms with Crippen molar-refractivity contribution in [1.82, 2.24) is 19.2 Å². The standard InChI is InChI=1S/C25H27N5O5/c1-15-8-6-12-28-20(16(2)26-24(15)28)22(31)19-21(17-9-5-10-18(14-17)30(34)35)29(25(33)23(19)32)13-7-11-27(3)4/h5-6,8-10,12,14,21,31H,7,11,13H2,1-4H3/t21-/m0/s1. The molecule has 1 aliphatic heterocycles. The van der Waals surface area contributed by atoms with E-state index in [2.05, 4.69) is 4.98 Å². The van der Waals surface area contributed by atoms with Gasteiger partial charge in [-0.3, -0.25) is 24.1 Å². The van der Waals surface area contributed by atoms with E-state index in [1.807, 2.05) is 32.0 Å². The summed E-state index contributed by atoms with van der Waals surface area (Å²) >= 11 is 0. The lowest BCUT2D eigenvalue weighted by Gasteiger charge is -2.25. The molecule has 35 heavy (non-hydrogen) atoms. The van der Waals surface area contributed by atoms with Gasteiger partial charge in [-0.15, -0.1) is 0 Å². The molecular formula is C25H27N5O5. The summed E-state index contributed by atoms with van der Waals surface area (Å²) in [6.45, 7) is 4.53. The van der Waals surface area contributed by atoms with Crippen LogP contribution in [-0.4, -0.2) is 68.1 Å². The summed E-state index contributed by atoms with van der Waals surface area (Å²) in [6.07, 6.45) is 2.31. The Morgan fingerprint density at radius 1 is 1.20 bits per heavy atom. The molecule has 1 amide bonds. The molecule has 182 valence electrons. The molecule has 1 atom stereocenters. The predicted octanol–water partition coefficient (Wildman–Crippen LogP) is 3.23. The van der Waals surface area contributed by atoms with E-state index in [-0.39, 0.29) is 23.6 Å². The number of imidazole rings is 1. The van der Waals surface area contributed by atoms with E-state index in [1.54, 1.807) is 29.7 Å². The second-order valence-corrected chi connectivity index (χ2v) is 8.93. The van der Waals surface area contributed by atoms with Crippen molar-refractivity contribution in [3.8, 4) is 0 Å². The Labute approximate surface area is 202 Å². The van der Waals surface area contributed by atoms with Gasteiger partial charge >= 0.3 is 0 Å². The topological polar surface area (TPSA) is 121 Å². The van der Waals surface area contributed by atoms with Crippen molar-refractivity contribution in [1.29, 1.82) is 0 Å². The first-order valence-electron chi connectivity index (χ1n) is 11.2. The van der Waals surface area contributed by atoms with Gasteiger partial charge in [0.2, 0.25) is 0 Å². The largest absolute Gasteiger partial charge is 0.505 e. The normalized spacial score (nSPS) is 17.6. The van der Waals surface area contributed by atoms with Crippen LogP contribution in [0.3, 0.4) is 0 Å². The Morgan fingerprint density at radius 2 is 1.94 bits per heavy atom. The number of pyridine rings is 1. The quantitative estimate of drug-likeness (QED) is 0.182. The second kappa shape index (κ2) is 9.30. The number of aryl methyl sites for hydroxylation is 2. The highest BCUT2D eigenvalue weighted by Gasteiger charge is 2.46. The number of ketones is 1. The number of amides is 1. The van der Waals surface area contributed by atoms with E-state index >= 15 is 0 Å². The molecule has 0 spiro atoms. The third-order valence-electron chi connectivity index (χ3n) is 6.18. The minimum Gasteiger partial charge on any atom is -0.505 e. The molecule has 4 rings (SSSR count). The Bertz CT molecular complexity index is 1370. The van der Waals surface area contributed by atoms with Crippen LogP contribution in [0.2, 0.25) is 0 Å². The van der Waals surface area contributed by atoms with Gasteiger partial charge in [0.15, 0.2) is 5.76 Å². The van der Waals surface area contributed by atoms with Gasteiger partial charge in [0.25, 0.3) is 17.4 Å². The van der Waals surface area contributed by atoms with E-state index in [4.69, 9.17) is 0 Å². The van der Waals surface area contributed by atoms with Crippen molar-refractivity contribution in [3.05, 3.63) is 80.8 Å². The lowest BCUT2D eigenvalue weighted by molar-refractivity contribution is -0.384. The highest BCUT2D eigenvalue weighted by atomic mass is 16.6. The van der Waals surface area contributed by atoms with Crippen LogP contribution in [0.1, 0.15) is 35.0 Å². The number of nitro groups is 1. The summed E-state index contributed by atoms with van der Waals surface area (Å²) in [4.78, 5) is 45.2. The summed E-state index contributed by atoms with van der Waals surface area (Å²) in [5.41, 5.74) is 2.42. The Hall–Kier alpha value is -4.05. The molecule has 1 fully saturated rings. The molecule has 0 bridgehead atoms. The summed E-state index contributed by atoms with van der Waals surface area (Å²) in [7, 11) is 3.81. The van der Waals surface area contributed by atoms with Gasteiger partial charge in [-0.2, -0.15) is 0 Å². The van der Waals surface area contributed by atoms with Gasteiger partial charge in [-0.25, -0.2) is 4.98 Å². The number of rotatable bonds is 7. The smallest absolute Gasteiger partial charge is 0.295 e. The molecule has 1 saturated heterocycles. The zero-order chi connectivity index (χ0) is 25.4. The summed E-state index contributed by atoms with van der Waals surface area (Å²) in [5, 5.41) is 22.9. The fourth-order valence-electron chi connectivity index (χ4n) is 4.55. The first kappa shape index (κ1) is 24.1. The SMILES string of the molecule is Cc1nc2c(C)cccn2c1C(O)=C1C(=O)C(=O)N(CCCN(C)C)[C@H]1c1cccc([N+](=O)[O-])c1. The number of hydrogen-bond acceptors (Lipinski definition) is 7. The van der Waals surface area contributed by atoms with Crippen molar-refractivity contribution < 1.29 is 19.6 Å². The van der Waals surface area contributed by atoms with Crippen molar-refractivity contribution >= 4 is 28.8 Å². The molecule has 1 aliphatic rings. The van der Waals surface area contributed by atoms with Crippen LogP contribution in [0.15, 0.2) is 48.2 Å². The van der Waals surface area contributed by atoms with E-state index in [1.165, 1.54) is 23.1 Å². The minimum absolute atomic E-state index is 0.105. The summed E-state index contributed by atoms with van der Waals surface area (Å²) in [6, 6.07) is 8.55. The highest BCUT2D eigenvalue weighted by Crippen LogP contribution is 2.41. The predicted molar refractivity (Wildman–Crippen MR) is 130 cm³/mol. The Kier molecular flexibility index (Phi) is 6.40. The number of non-ortho nitro benzene ring substituents is 1. The van der Waals surface area contributed by atoms with E-state index in [0.717, 1.165) is 5.56 Å². The minimum atomic E-state index is -0.966. The summed E-state index contributed by atoms with van der Waals surface area (Å²) in [5.74, 6) is -1.93. The fourth-order valence-corrected chi connectivity index (χ4v) is 4.55. The average molecular weight is 478 g/mol. The number of likely N-dealkylation sites (tertiary alicyclic amines) is 1. The van der Waals surface area contributed by atoms with Crippen LogP contribution in [0, 0.1) is 24.0 Å². The van der Waals surface area contributed by atoms with Gasteiger partial charge in [0.1, 0.15) is 11.3 Å². The molecule has 2 aromatic heterocycles. The third-order valence-corrected chi connectivity index (χ3v) is 6.18. The van der Waals surface area contributed by atoms with Crippen molar-refractivity contribution in [2.24, 2.45) is 0 Å². The number of Topliss-reactive ketones (excluding diaryl/α,β-unsaturated/α-hetero) is 1. The number of carbonyl (C=O) groups is 2. The van der Waals surface area contributed by atoms with Crippen LogP contribution >= 0.6 is 0 Å². The number of carbonyl (C=O) groups excluding carboxylic acids is 2. The van der Waals surface area contributed by atoms with E-state index in [0.29, 0.717) is 35.6 Å². The zero-order valence-corrected chi connectivity index (χ0v) is 20.1. The Balaban J connectivity index is 1.92. The maximum Gasteiger partial charge on any atom is 0.295 e. The molecule has 3 aromatic rings. The number of aromatic nitrogens is 2. The van der Waals surface area contributed by atoms with Crippen molar-refractivity contribution in [2.45, 2.75) is 26.3 Å². The molecule has 0 radical (unpaired) electrons. The van der Waals surface area contributed by atoms with Crippen LogP contribution in [0.5, 0.6) is 0 Å². The van der Waals surface area contributed by atoms with Crippen LogP contribution < -0.4 is 0 Å². The maximum absolute atomic E-state index is 13.3. The number of benzene rings is 1. The first-order valence-corrected chi connectivity index (χ1v) is 11.2. The van der Waals surface area contributed by atoms with Gasteiger partial charge in [0, 0.05) is 24.9 Å². The molecule has 3 heterocycles. The average Bonchev–Trinajstić information content (AvgIpc) is 3.28. The lowest BCUT2D eigenvalue weighted by Crippen LogP contribution is -2.32. The fraction of sp³-hybridized carbons (Fsp3) is 0.320. The monoisotopic (exact) mass is 477 g/mol. The van der Waals surface area contributed by atoms with Gasteiger partial charge in [-0.1, -0.05) is 18.2 Å². The molecule has 0 unspecified atom stereocenters. The molecule has 10 nitrogen and oxygen atoms in total. The maximum atomic E-state index is 13.3. The highest BCUT2D eigenvalue weighted by molar-refractivity contribution is 6.46. The first-order chi connectivity index (χ1) is 16.6. The number of aliphatic hydroxyl groups excluding tert-OH is 1. The summed E-state index contributed by atoms with van der Waals surface area (Å²) < 4.78 is 1.68. The number of hydrogen-bond donors (Lipinski definition) is 1. The van der Waals surface area contributed by atoms with E-state index in [9.17, 15) is 24.8 Å². The van der Waals surface area contributed by atoms with Crippen molar-refractivity contribution in [3.63, 3.8) is 0 Å². The number of fused-ring (bicyclic) bond motifs is 1. The Morgan fingerprint density at radius 3 is 2.63 bits per heavy atom. The number of aliphatic hydroxyl groups is 1. The van der Waals surface area contributed by atoms with Gasteiger partial charge in [0.05, 0.1) is 22.2 Å². The van der Waals surface area contributed by atoms with Crippen molar-refractivity contribution in [2.75, 3.05) is 27.2 Å². The molecule has 1 N–H and O–H groups in total. The molecule has 10 heteroatoms. The molecule has 0 saturated carbocycles.